The summed E-state index contributed by atoms with van der Waals surface area (Å²) in [5, 5.41) is 19.8. The molecule has 0 aromatic heterocycles. The summed E-state index contributed by atoms with van der Waals surface area (Å²) in [5.74, 6) is -0.832. The van der Waals surface area contributed by atoms with Crippen molar-refractivity contribution in [1.82, 2.24) is 4.90 Å². The van der Waals surface area contributed by atoms with Gasteiger partial charge in [-0.15, -0.1) is 0 Å². The van der Waals surface area contributed by atoms with Crippen molar-refractivity contribution >= 4 is 17.6 Å². The largest absolute Gasteiger partial charge is 0.481 e. The maximum atomic E-state index is 10.9. The molecule has 2 atom stereocenters. The van der Waals surface area contributed by atoms with E-state index in [1.807, 2.05) is 19.1 Å². The van der Waals surface area contributed by atoms with Gasteiger partial charge >= 0.3 is 5.97 Å². The van der Waals surface area contributed by atoms with E-state index in [0.717, 1.165) is 30.6 Å². The molecular formula is C19H28ClNO4. The topological polar surface area (TPSA) is 70.0 Å². The molecule has 140 valence electrons. The summed E-state index contributed by atoms with van der Waals surface area (Å²) in [5.41, 5.74) is 1.86. The van der Waals surface area contributed by atoms with E-state index >= 15 is 0 Å². The summed E-state index contributed by atoms with van der Waals surface area (Å²) in [4.78, 5) is 13.1. The molecule has 1 aromatic rings. The lowest BCUT2D eigenvalue weighted by Crippen LogP contribution is -2.33. The van der Waals surface area contributed by atoms with E-state index in [9.17, 15) is 9.90 Å². The lowest BCUT2D eigenvalue weighted by Gasteiger charge is -2.24. The van der Waals surface area contributed by atoms with Crippen molar-refractivity contribution in [1.29, 1.82) is 0 Å². The molecule has 1 aromatic carbocycles. The van der Waals surface area contributed by atoms with Gasteiger partial charge in [0, 0.05) is 18.0 Å². The Hall–Kier alpha value is -1.14. The molecule has 1 heterocycles. The van der Waals surface area contributed by atoms with E-state index in [4.69, 9.17) is 21.4 Å². The first-order valence-corrected chi connectivity index (χ1v) is 9.39. The van der Waals surface area contributed by atoms with Crippen molar-refractivity contribution in [3.63, 3.8) is 0 Å². The van der Waals surface area contributed by atoms with Crippen LogP contribution in [0.2, 0.25) is 5.02 Å². The zero-order chi connectivity index (χ0) is 18.2. The molecule has 2 rings (SSSR count). The number of aliphatic hydroxyl groups excluding tert-OH is 1. The van der Waals surface area contributed by atoms with Crippen LogP contribution in [-0.4, -0.2) is 53.4 Å². The number of carboxylic acid groups (broad SMARTS) is 1. The quantitative estimate of drug-likeness (QED) is 0.662. The third-order valence-electron chi connectivity index (χ3n) is 4.59. The van der Waals surface area contributed by atoms with Crippen LogP contribution in [0.15, 0.2) is 18.2 Å². The fraction of sp³-hybridized carbons (Fsp3) is 0.632. The lowest BCUT2D eigenvalue weighted by atomic mass is 9.97. The van der Waals surface area contributed by atoms with Gasteiger partial charge in [-0.05, 0) is 62.0 Å². The number of benzene rings is 1. The van der Waals surface area contributed by atoms with E-state index in [2.05, 4.69) is 4.90 Å². The molecule has 25 heavy (non-hydrogen) atoms. The van der Waals surface area contributed by atoms with E-state index in [0.29, 0.717) is 18.0 Å². The smallest absolute Gasteiger partial charge is 0.303 e. The molecule has 0 aliphatic carbocycles. The van der Waals surface area contributed by atoms with E-state index in [1.165, 1.54) is 12.8 Å². The maximum absolute atomic E-state index is 10.9. The number of halogens is 1. The highest BCUT2D eigenvalue weighted by Gasteiger charge is 2.19. The first-order valence-electron chi connectivity index (χ1n) is 9.01. The number of carbonyl (C=O) groups is 1. The van der Waals surface area contributed by atoms with Crippen LogP contribution in [0.3, 0.4) is 0 Å². The van der Waals surface area contributed by atoms with Gasteiger partial charge in [-0.3, -0.25) is 4.79 Å². The van der Waals surface area contributed by atoms with Crippen LogP contribution in [0.1, 0.15) is 49.8 Å². The third-order valence-corrected chi connectivity index (χ3v) is 4.82. The molecule has 2 N–H and O–H groups in total. The molecule has 0 spiro atoms. The predicted octanol–water partition coefficient (Wildman–Crippen LogP) is 3.28. The number of nitrogens with zero attached hydrogens (tertiary/aromatic N) is 1. The van der Waals surface area contributed by atoms with Crippen LogP contribution in [0, 0.1) is 0 Å². The summed E-state index contributed by atoms with van der Waals surface area (Å²) in [6.07, 6.45) is 2.93. The van der Waals surface area contributed by atoms with Gasteiger partial charge in [-0.2, -0.15) is 0 Å². The van der Waals surface area contributed by atoms with Gasteiger partial charge in [-0.25, -0.2) is 0 Å². The highest BCUT2D eigenvalue weighted by molar-refractivity contribution is 6.30. The second kappa shape index (κ2) is 10.1. The molecule has 0 bridgehead atoms. The van der Waals surface area contributed by atoms with E-state index < -0.39 is 12.1 Å². The van der Waals surface area contributed by atoms with Crippen molar-refractivity contribution in [3.05, 3.63) is 34.3 Å². The van der Waals surface area contributed by atoms with Crippen LogP contribution >= 0.6 is 11.6 Å². The number of β-amino-alcohol motifs (C(OH)–C–C–N with tert-alkyl or cyclic N) is 1. The van der Waals surface area contributed by atoms with Crippen LogP contribution in [0.4, 0.5) is 0 Å². The van der Waals surface area contributed by atoms with E-state index in [1.54, 1.807) is 6.07 Å². The van der Waals surface area contributed by atoms with E-state index in [-0.39, 0.29) is 19.1 Å². The fourth-order valence-electron chi connectivity index (χ4n) is 3.32. The first-order chi connectivity index (χ1) is 12.0. The molecule has 2 unspecified atom stereocenters. The minimum absolute atomic E-state index is 0.0569. The Bertz CT molecular complexity index is 560. The lowest BCUT2D eigenvalue weighted by molar-refractivity contribution is -0.136. The molecule has 0 saturated carbocycles. The third kappa shape index (κ3) is 6.59. The van der Waals surface area contributed by atoms with Crippen LogP contribution < -0.4 is 0 Å². The van der Waals surface area contributed by atoms with Gasteiger partial charge in [-0.1, -0.05) is 24.6 Å². The Morgan fingerprint density at radius 2 is 2.08 bits per heavy atom. The molecule has 0 amide bonds. The zero-order valence-corrected chi connectivity index (χ0v) is 15.5. The Morgan fingerprint density at radius 3 is 2.72 bits per heavy atom. The Kier molecular flexibility index (Phi) is 8.16. The van der Waals surface area contributed by atoms with Gasteiger partial charge in [0.05, 0.1) is 18.8 Å². The predicted molar refractivity (Wildman–Crippen MR) is 98.1 cm³/mol. The van der Waals surface area contributed by atoms with Gasteiger partial charge in [0.15, 0.2) is 0 Å². The normalized spacial score (nSPS) is 17.6. The number of aryl methyl sites for hydroxylation is 1. The zero-order valence-electron chi connectivity index (χ0n) is 14.8. The average molecular weight is 370 g/mol. The van der Waals surface area contributed by atoms with Gasteiger partial charge < -0.3 is 19.8 Å². The highest BCUT2D eigenvalue weighted by atomic mass is 35.5. The molecule has 0 radical (unpaired) electrons. The minimum atomic E-state index is -0.832. The molecule has 6 heteroatoms. The molecule has 1 saturated heterocycles. The second-order valence-corrected chi connectivity index (χ2v) is 7.07. The number of ether oxygens (including phenoxy) is 1. The SMILES string of the molecule is CCC(OCC(O)CN1CCCC1)c1ccc(Cl)cc1CCC(=O)O. The number of likely N-dealkylation sites (tertiary alicyclic amines) is 1. The molecule has 1 fully saturated rings. The Balaban J connectivity index is 1.97. The van der Waals surface area contributed by atoms with Crippen molar-refractivity contribution in [2.75, 3.05) is 26.2 Å². The second-order valence-electron chi connectivity index (χ2n) is 6.63. The summed E-state index contributed by atoms with van der Waals surface area (Å²) in [6, 6.07) is 5.51. The van der Waals surface area contributed by atoms with Crippen LogP contribution in [0.5, 0.6) is 0 Å². The molecule has 1 aliphatic heterocycles. The summed E-state index contributed by atoms with van der Waals surface area (Å²) < 4.78 is 5.97. The van der Waals surface area contributed by atoms with Gasteiger partial charge in [0.25, 0.3) is 0 Å². The molecule has 5 nitrogen and oxygen atoms in total. The highest BCUT2D eigenvalue weighted by Crippen LogP contribution is 2.28. The minimum Gasteiger partial charge on any atom is -0.481 e. The first kappa shape index (κ1) is 20.2. The maximum Gasteiger partial charge on any atom is 0.303 e. The van der Waals surface area contributed by atoms with Crippen LogP contribution in [0.25, 0.3) is 0 Å². The fourth-order valence-corrected chi connectivity index (χ4v) is 3.51. The number of aliphatic hydroxyl groups is 1. The number of aliphatic carboxylic acids is 1. The standard InChI is InChI=1S/C19H28ClNO4/c1-2-18(25-13-16(22)12-21-9-3-4-10-21)17-7-6-15(20)11-14(17)5-8-19(23)24/h6-7,11,16,18,22H,2-5,8-10,12-13H2,1H3,(H,23,24). The summed E-state index contributed by atoms with van der Waals surface area (Å²) in [6.45, 7) is 5.03. The summed E-state index contributed by atoms with van der Waals surface area (Å²) >= 11 is 6.07. The summed E-state index contributed by atoms with van der Waals surface area (Å²) in [7, 11) is 0. The van der Waals surface area contributed by atoms with Gasteiger partial charge in [0.2, 0.25) is 0 Å². The molecule has 1 aliphatic rings. The number of hydrogen-bond donors (Lipinski definition) is 2. The van der Waals surface area contributed by atoms with Crippen LogP contribution in [-0.2, 0) is 16.0 Å². The van der Waals surface area contributed by atoms with Crippen molar-refractivity contribution in [2.45, 2.75) is 51.2 Å². The van der Waals surface area contributed by atoms with Crippen molar-refractivity contribution < 1.29 is 19.7 Å². The number of carboxylic acids is 1. The Labute approximate surface area is 154 Å². The monoisotopic (exact) mass is 369 g/mol. The number of hydrogen-bond acceptors (Lipinski definition) is 4. The number of rotatable bonds is 10. The van der Waals surface area contributed by atoms with Gasteiger partial charge in [0.1, 0.15) is 0 Å². The van der Waals surface area contributed by atoms with Crippen molar-refractivity contribution in [2.24, 2.45) is 0 Å². The Morgan fingerprint density at radius 1 is 1.36 bits per heavy atom. The molecular weight excluding hydrogens is 342 g/mol. The van der Waals surface area contributed by atoms with Crippen molar-refractivity contribution in [3.8, 4) is 0 Å². The average Bonchev–Trinajstić information content (AvgIpc) is 3.07.